The van der Waals surface area contributed by atoms with E-state index in [1.165, 1.54) is 12.3 Å². The molecule has 1 aliphatic rings. The Hall–Kier alpha value is -5.75. The number of hydrogen-bond donors (Lipinski definition) is 0. The zero-order chi connectivity index (χ0) is 50.8. The fourth-order valence-corrected chi connectivity index (χ4v) is 9.04. The Labute approximate surface area is 405 Å². The van der Waals surface area contributed by atoms with Crippen molar-refractivity contribution >= 4 is 33.0 Å². The fourth-order valence-electron chi connectivity index (χ4n) is 9.04. The first-order valence-corrected chi connectivity index (χ1v) is 22.0. The summed E-state index contributed by atoms with van der Waals surface area (Å²) in [6.07, 6.45) is 4.33. The minimum absolute atomic E-state index is 0. The summed E-state index contributed by atoms with van der Waals surface area (Å²) in [5.74, 6) is -1.25. The molecule has 6 aromatic carbocycles. The normalized spacial score (nSPS) is 16.4. The van der Waals surface area contributed by atoms with Crippen LogP contribution in [0.15, 0.2) is 126 Å². The third kappa shape index (κ3) is 9.11. The van der Waals surface area contributed by atoms with Crippen LogP contribution in [0.4, 0.5) is 8.78 Å². The minimum Gasteiger partial charge on any atom is -0.501 e. The second-order valence-corrected chi connectivity index (χ2v) is 18.3. The van der Waals surface area contributed by atoms with Crippen molar-refractivity contribution in [2.45, 2.75) is 98.7 Å². The van der Waals surface area contributed by atoms with Crippen LogP contribution in [0.25, 0.3) is 72.4 Å². The molecule has 333 valence electrons. The number of aromatic nitrogens is 3. The van der Waals surface area contributed by atoms with Gasteiger partial charge in [-0.25, -0.2) is 8.78 Å². The summed E-state index contributed by atoms with van der Waals surface area (Å²) >= 11 is 0. The molecule has 7 heteroatoms. The molecule has 0 unspecified atom stereocenters. The van der Waals surface area contributed by atoms with Gasteiger partial charge >= 0.3 is 0 Å². The molecule has 10 rings (SSSR count). The molecule has 1 aliphatic carbocycles. The minimum atomic E-state index is -2.54. The molecule has 0 N–H and O–H groups in total. The molecule has 0 saturated heterocycles. The molecule has 9 aromatic rings. The molecule has 0 amide bonds. The number of fused-ring (bicyclic) bond motifs is 4. The van der Waals surface area contributed by atoms with Gasteiger partial charge in [-0.05, 0) is 125 Å². The quantitative estimate of drug-likeness (QED) is 0.149. The van der Waals surface area contributed by atoms with Crippen LogP contribution in [0.5, 0.6) is 0 Å². The number of halogens is 2. The Kier molecular flexibility index (Phi) is 10.7. The second-order valence-electron chi connectivity index (χ2n) is 18.3. The summed E-state index contributed by atoms with van der Waals surface area (Å²) in [6.45, 7) is 7.92. The van der Waals surface area contributed by atoms with Gasteiger partial charge in [0.15, 0.2) is 0 Å². The molecule has 1 radical (unpaired) electrons. The number of hydrogen-bond acceptors (Lipinski definition) is 3. The van der Waals surface area contributed by atoms with Crippen LogP contribution in [0, 0.1) is 42.9 Å². The van der Waals surface area contributed by atoms with E-state index in [0.29, 0.717) is 57.8 Å². The Balaban J connectivity index is 0.000000203. The van der Waals surface area contributed by atoms with Gasteiger partial charge in [-0.2, -0.15) is 0 Å². The predicted octanol–water partition coefficient (Wildman–Crippen LogP) is 16.4. The van der Waals surface area contributed by atoms with Gasteiger partial charge < -0.3 is 14.0 Å². The molecule has 4 nitrogen and oxygen atoms in total. The van der Waals surface area contributed by atoms with Gasteiger partial charge in [-0.1, -0.05) is 131 Å². The number of imidazole rings is 1. The number of furan rings is 1. The molecule has 0 bridgehead atoms. The maximum absolute atomic E-state index is 14.0. The zero-order valence-corrected chi connectivity index (χ0v) is 39.8. The largest absolute Gasteiger partial charge is 0.501 e. The van der Waals surface area contributed by atoms with Crippen molar-refractivity contribution < 1.29 is 42.9 Å². The number of benzene rings is 6. The first kappa shape index (κ1) is 37.5. The van der Waals surface area contributed by atoms with Crippen LogP contribution < -0.4 is 0 Å². The first-order valence-electron chi connectivity index (χ1n) is 25.5. The van der Waals surface area contributed by atoms with Crippen LogP contribution in [0.2, 0.25) is 0 Å². The average molecular weight is 1050 g/mol. The fraction of sp³-hybridized carbons (Fsp3) is 0.276. The second kappa shape index (κ2) is 18.6. The third-order valence-electron chi connectivity index (χ3n) is 12.6. The van der Waals surface area contributed by atoms with E-state index in [1.54, 1.807) is 30.3 Å². The summed E-state index contributed by atoms with van der Waals surface area (Å²) in [5, 5.41) is 1.82. The van der Waals surface area contributed by atoms with Gasteiger partial charge in [-0.15, -0.1) is 35.9 Å². The average Bonchev–Trinajstić information content (AvgIpc) is 3.90. The standard InChI is InChI=1S/C33H32NO.C25H23F2N2.Ir/c1-21-18-24(23-14-16-33(3,4)17-15-23)12-13-25(21)29-19-30(34-20-22(29)2)28-10-7-9-27-26-8-5-6-11-31(26)35-32(27)28;1-15(2)20-8-7-9-21(16(3)4)24(20)29-23-11-6-5-10-22(23)28-25(29)17-12-18(26)14-19(27)13-17;/h5-9,11-13,18-20,23H,14-17H2,1-4H3;5-12,14-16H,1-4H3;/q2*-1;/i1D3,2D3,23D;;. The van der Waals surface area contributed by atoms with Crippen LogP contribution in [-0.2, 0) is 20.1 Å². The molecule has 65 heavy (non-hydrogen) atoms. The van der Waals surface area contributed by atoms with Gasteiger partial charge in [0.05, 0.1) is 22.4 Å². The van der Waals surface area contributed by atoms with Crippen LogP contribution in [-0.4, -0.2) is 14.5 Å². The molecule has 0 spiro atoms. The molecule has 0 atom stereocenters. The topological polar surface area (TPSA) is 43.9 Å². The van der Waals surface area contributed by atoms with Crippen molar-refractivity contribution in [1.82, 2.24) is 14.5 Å². The number of aryl methyl sites for hydroxylation is 2. The summed E-state index contributed by atoms with van der Waals surface area (Å²) in [5.41, 5.74) is 8.95. The zero-order valence-electron chi connectivity index (χ0n) is 44.4. The molecular weight excluding hydrogens is 985 g/mol. The smallest absolute Gasteiger partial charge is 0.120 e. The third-order valence-corrected chi connectivity index (χ3v) is 12.6. The van der Waals surface area contributed by atoms with Crippen molar-refractivity contribution in [2.75, 3.05) is 0 Å². The number of rotatable bonds is 7. The Bertz CT molecular complexity index is 3410. The number of nitrogens with zero attached hydrogens (tertiary/aromatic N) is 3. The Morgan fingerprint density at radius 1 is 0.800 bits per heavy atom. The van der Waals surface area contributed by atoms with E-state index >= 15 is 0 Å². The van der Waals surface area contributed by atoms with Crippen molar-refractivity contribution in [2.24, 2.45) is 5.41 Å². The van der Waals surface area contributed by atoms with Crippen molar-refractivity contribution in [3.8, 4) is 39.5 Å². The molecule has 1 fully saturated rings. The summed E-state index contributed by atoms with van der Waals surface area (Å²) < 4.78 is 95.4. The van der Waals surface area contributed by atoms with Gasteiger partial charge in [0.2, 0.25) is 0 Å². The maximum atomic E-state index is 14.0. The van der Waals surface area contributed by atoms with E-state index in [-0.39, 0.29) is 54.0 Å². The van der Waals surface area contributed by atoms with E-state index in [4.69, 9.17) is 17.6 Å². The molecule has 3 heterocycles. The van der Waals surface area contributed by atoms with Crippen molar-refractivity contribution in [3.05, 3.63) is 173 Å². The van der Waals surface area contributed by atoms with Crippen molar-refractivity contribution in [1.29, 1.82) is 0 Å². The Morgan fingerprint density at radius 3 is 2.25 bits per heavy atom. The SMILES string of the molecule is CC(C)c1cccc(C(C)C)c1-n1c(-c2[c-]c(F)cc(F)c2)nc2ccccc21.[2H]C([2H])([2H])c1cnc(-c2[c-]ccc3c2oc2ccccc23)cc1-c1ccc(C2([2H])CCC(C)(C)CC2)cc1C([2H])([2H])[2H].[Ir]. The molecule has 1 saturated carbocycles. The summed E-state index contributed by atoms with van der Waals surface area (Å²) in [4.78, 5) is 9.25. The van der Waals surface area contributed by atoms with Crippen LogP contribution in [0.1, 0.15) is 122 Å². The Morgan fingerprint density at radius 2 is 1.52 bits per heavy atom. The molecule has 3 aromatic heterocycles. The molecular formula is C58H55F2IrN3O-2. The number of pyridine rings is 1. The monoisotopic (exact) mass is 1050 g/mol. The van der Waals surface area contributed by atoms with Gasteiger partial charge in [0.1, 0.15) is 5.58 Å². The van der Waals surface area contributed by atoms with E-state index < -0.39 is 31.2 Å². The van der Waals surface area contributed by atoms with Crippen molar-refractivity contribution in [3.63, 3.8) is 0 Å². The summed E-state index contributed by atoms with van der Waals surface area (Å²) in [6, 6.07) is 40.1. The van der Waals surface area contributed by atoms with E-state index in [2.05, 4.69) is 76.9 Å². The van der Waals surface area contributed by atoms with Gasteiger partial charge in [0, 0.05) is 58.6 Å². The van der Waals surface area contributed by atoms with Crippen LogP contribution >= 0.6 is 0 Å². The predicted molar refractivity (Wildman–Crippen MR) is 259 cm³/mol. The van der Waals surface area contributed by atoms with E-state index in [1.807, 2.05) is 59.2 Å². The van der Waals surface area contributed by atoms with E-state index in [9.17, 15) is 10.2 Å². The molecule has 0 aliphatic heterocycles. The van der Waals surface area contributed by atoms with Gasteiger partial charge in [0.25, 0.3) is 0 Å². The van der Waals surface area contributed by atoms with E-state index in [0.717, 1.165) is 57.5 Å². The van der Waals surface area contributed by atoms with Crippen LogP contribution in [0.3, 0.4) is 0 Å². The number of para-hydroxylation sites is 4. The maximum Gasteiger partial charge on any atom is 0.120 e. The van der Waals surface area contributed by atoms with Gasteiger partial charge in [-0.3, -0.25) is 4.98 Å². The summed E-state index contributed by atoms with van der Waals surface area (Å²) in [7, 11) is 0. The first-order chi connectivity index (χ1) is 33.5.